The number of hydrogen-bond donors (Lipinski definition) is 1. The van der Waals surface area contributed by atoms with Gasteiger partial charge in [0, 0.05) is 30.4 Å². The van der Waals surface area contributed by atoms with Gasteiger partial charge in [-0.3, -0.25) is 9.59 Å². The summed E-state index contributed by atoms with van der Waals surface area (Å²) in [5.74, 6) is -1.06. The van der Waals surface area contributed by atoms with Gasteiger partial charge in [0.1, 0.15) is 5.82 Å². The minimum Gasteiger partial charge on any atom is -0.481 e. The lowest BCUT2D eigenvalue weighted by Gasteiger charge is -2.17. The van der Waals surface area contributed by atoms with E-state index in [1.165, 1.54) is 4.90 Å². The van der Waals surface area contributed by atoms with E-state index >= 15 is 0 Å². The second-order valence-corrected chi connectivity index (χ2v) is 5.28. The van der Waals surface area contributed by atoms with Crippen molar-refractivity contribution < 1.29 is 14.7 Å². The van der Waals surface area contributed by atoms with E-state index in [4.69, 9.17) is 5.11 Å². The molecule has 1 unspecified atom stereocenters. The van der Waals surface area contributed by atoms with E-state index in [1.807, 2.05) is 25.1 Å². The molecule has 0 bridgehead atoms. The molecule has 1 saturated heterocycles. The van der Waals surface area contributed by atoms with Crippen LogP contribution in [0, 0.1) is 12.8 Å². The van der Waals surface area contributed by atoms with Crippen LogP contribution in [0.3, 0.4) is 0 Å². The van der Waals surface area contributed by atoms with Crippen LogP contribution in [0.25, 0.3) is 11.3 Å². The topological polar surface area (TPSA) is 83.4 Å². The number of hydrogen-bond acceptors (Lipinski definition) is 4. The number of carbonyl (C=O) groups excluding carboxylic acids is 1. The highest BCUT2D eigenvalue weighted by atomic mass is 16.4. The summed E-state index contributed by atoms with van der Waals surface area (Å²) in [6, 6.07) is 9.20. The molecule has 1 aromatic heterocycles. The van der Waals surface area contributed by atoms with Crippen molar-refractivity contribution in [2.75, 3.05) is 11.4 Å². The van der Waals surface area contributed by atoms with Crippen molar-refractivity contribution in [2.45, 2.75) is 13.3 Å². The third kappa shape index (κ3) is 2.67. The Kier molecular flexibility index (Phi) is 3.58. The fraction of sp³-hybridized carbons (Fsp3) is 0.250. The predicted molar refractivity (Wildman–Crippen MR) is 80.3 cm³/mol. The van der Waals surface area contributed by atoms with Crippen molar-refractivity contribution >= 4 is 17.6 Å². The Balaban J connectivity index is 1.92. The van der Waals surface area contributed by atoms with Gasteiger partial charge in [0.05, 0.1) is 11.6 Å². The number of aromatic nitrogens is 2. The molecule has 3 rings (SSSR count). The maximum Gasteiger partial charge on any atom is 0.308 e. The highest BCUT2D eigenvalue weighted by Gasteiger charge is 2.35. The van der Waals surface area contributed by atoms with Gasteiger partial charge < -0.3 is 10.0 Å². The number of benzene rings is 1. The number of aryl methyl sites for hydroxylation is 1. The van der Waals surface area contributed by atoms with Gasteiger partial charge in [0.25, 0.3) is 0 Å². The third-order valence-electron chi connectivity index (χ3n) is 3.70. The molecule has 1 aromatic carbocycles. The molecule has 6 heteroatoms. The molecule has 0 aliphatic carbocycles. The fourth-order valence-electron chi connectivity index (χ4n) is 2.57. The van der Waals surface area contributed by atoms with Crippen LogP contribution in [0.1, 0.15) is 12.2 Å². The van der Waals surface area contributed by atoms with Crippen molar-refractivity contribution in [2.24, 2.45) is 5.92 Å². The van der Waals surface area contributed by atoms with E-state index in [0.29, 0.717) is 11.5 Å². The minimum absolute atomic E-state index is 0.0478. The van der Waals surface area contributed by atoms with Crippen molar-refractivity contribution in [3.05, 3.63) is 42.4 Å². The van der Waals surface area contributed by atoms with E-state index in [-0.39, 0.29) is 18.9 Å². The quantitative estimate of drug-likeness (QED) is 0.935. The Bertz CT molecular complexity index is 745. The molecule has 2 aromatic rings. The second-order valence-electron chi connectivity index (χ2n) is 5.28. The Morgan fingerprint density at radius 3 is 2.86 bits per heavy atom. The molecular formula is C16H15N3O3. The van der Waals surface area contributed by atoms with Gasteiger partial charge in [-0.1, -0.05) is 12.1 Å². The van der Waals surface area contributed by atoms with E-state index in [9.17, 15) is 9.59 Å². The first-order valence-electron chi connectivity index (χ1n) is 6.98. The summed E-state index contributed by atoms with van der Waals surface area (Å²) in [5, 5.41) is 9.06. The average Bonchev–Trinajstić information content (AvgIpc) is 2.90. The second kappa shape index (κ2) is 5.55. The molecule has 0 radical (unpaired) electrons. The van der Waals surface area contributed by atoms with Crippen molar-refractivity contribution in [1.82, 2.24) is 9.97 Å². The maximum absolute atomic E-state index is 12.0. The van der Waals surface area contributed by atoms with Crippen LogP contribution in [0.5, 0.6) is 0 Å². The molecule has 1 aliphatic heterocycles. The maximum atomic E-state index is 12.0. The van der Waals surface area contributed by atoms with Crippen LogP contribution >= 0.6 is 0 Å². The molecule has 1 fully saturated rings. The lowest BCUT2D eigenvalue weighted by atomic mass is 10.1. The van der Waals surface area contributed by atoms with Crippen LogP contribution < -0.4 is 4.90 Å². The summed E-state index contributed by atoms with van der Waals surface area (Å²) < 4.78 is 0. The van der Waals surface area contributed by atoms with Gasteiger partial charge in [-0.05, 0) is 25.1 Å². The van der Waals surface area contributed by atoms with Crippen LogP contribution in [0.15, 0.2) is 36.5 Å². The van der Waals surface area contributed by atoms with E-state index < -0.39 is 11.9 Å². The summed E-state index contributed by atoms with van der Waals surface area (Å²) in [7, 11) is 0. The zero-order valence-corrected chi connectivity index (χ0v) is 12.1. The fourth-order valence-corrected chi connectivity index (χ4v) is 2.57. The highest BCUT2D eigenvalue weighted by Crippen LogP contribution is 2.28. The summed E-state index contributed by atoms with van der Waals surface area (Å²) in [5.41, 5.74) is 2.34. The molecule has 0 saturated carbocycles. The van der Waals surface area contributed by atoms with Gasteiger partial charge in [-0.15, -0.1) is 0 Å². The molecule has 112 valence electrons. The standard InChI is InChI=1S/C16H15N3O3/c1-10-17-6-5-14(18-10)11-3-2-4-13(7-11)19-9-12(16(21)22)8-15(19)20/h2-7,12H,8-9H2,1H3,(H,21,22). The van der Waals surface area contributed by atoms with E-state index in [2.05, 4.69) is 9.97 Å². The number of anilines is 1. The van der Waals surface area contributed by atoms with Crippen LogP contribution in [0.2, 0.25) is 0 Å². The molecule has 0 spiro atoms. The average molecular weight is 297 g/mol. The third-order valence-corrected chi connectivity index (χ3v) is 3.70. The SMILES string of the molecule is Cc1nccc(-c2cccc(N3CC(C(=O)O)CC3=O)c2)n1. The van der Waals surface area contributed by atoms with Gasteiger partial charge in [0.15, 0.2) is 0 Å². The molecular weight excluding hydrogens is 282 g/mol. The summed E-state index contributed by atoms with van der Waals surface area (Å²) in [4.78, 5) is 33.0. The van der Waals surface area contributed by atoms with Crippen molar-refractivity contribution in [3.63, 3.8) is 0 Å². The van der Waals surface area contributed by atoms with E-state index in [0.717, 1.165) is 11.3 Å². The summed E-state index contributed by atoms with van der Waals surface area (Å²) in [6.45, 7) is 2.02. The molecule has 2 heterocycles. The van der Waals surface area contributed by atoms with Gasteiger partial charge in [-0.25, -0.2) is 9.97 Å². The van der Waals surface area contributed by atoms with Crippen molar-refractivity contribution in [1.29, 1.82) is 0 Å². The lowest BCUT2D eigenvalue weighted by Crippen LogP contribution is -2.25. The molecule has 1 aliphatic rings. The van der Waals surface area contributed by atoms with Gasteiger partial charge in [0.2, 0.25) is 5.91 Å². The van der Waals surface area contributed by atoms with E-state index in [1.54, 1.807) is 18.3 Å². The molecule has 1 atom stereocenters. The first-order valence-corrected chi connectivity index (χ1v) is 6.98. The number of amides is 1. The Morgan fingerprint density at radius 2 is 2.18 bits per heavy atom. The zero-order valence-electron chi connectivity index (χ0n) is 12.1. The minimum atomic E-state index is -0.932. The molecule has 1 amide bonds. The van der Waals surface area contributed by atoms with Gasteiger partial charge in [-0.2, -0.15) is 0 Å². The molecule has 22 heavy (non-hydrogen) atoms. The predicted octanol–water partition coefficient (Wildman–Crippen LogP) is 1.89. The summed E-state index contributed by atoms with van der Waals surface area (Å²) >= 11 is 0. The lowest BCUT2D eigenvalue weighted by molar-refractivity contribution is -0.141. The van der Waals surface area contributed by atoms with Gasteiger partial charge >= 0.3 is 5.97 Å². The number of carboxylic acid groups (broad SMARTS) is 1. The van der Waals surface area contributed by atoms with Crippen LogP contribution in [-0.2, 0) is 9.59 Å². The van der Waals surface area contributed by atoms with Crippen molar-refractivity contribution in [3.8, 4) is 11.3 Å². The number of nitrogens with zero attached hydrogens (tertiary/aromatic N) is 3. The summed E-state index contributed by atoms with van der Waals surface area (Å²) in [6.07, 6.45) is 1.73. The first kappa shape index (κ1) is 14.2. The highest BCUT2D eigenvalue weighted by molar-refractivity contribution is 5.99. The smallest absolute Gasteiger partial charge is 0.308 e. The Hall–Kier alpha value is -2.76. The number of rotatable bonds is 3. The van der Waals surface area contributed by atoms with Crippen LogP contribution in [0.4, 0.5) is 5.69 Å². The Morgan fingerprint density at radius 1 is 1.36 bits per heavy atom. The monoisotopic (exact) mass is 297 g/mol. The number of carbonyl (C=O) groups is 2. The Labute approximate surface area is 127 Å². The number of aliphatic carboxylic acids is 1. The largest absolute Gasteiger partial charge is 0.481 e. The first-order chi connectivity index (χ1) is 10.5. The zero-order chi connectivity index (χ0) is 15.7. The molecule has 6 nitrogen and oxygen atoms in total. The van der Waals surface area contributed by atoms with Crippen LogP contribution in [-0.4, -0.2) is 33.5 Å². The number of carboxylic acids is 1. The molecule has 1 N–H and O–H groups in total. The normalized spacial score (nSPS) is 17.8.